The van der Waals surface area contributed by atoms with Gasteiger partial charge in [0.1, 0.15) is 5.82 Å². The van der Waals surface area contributed by atoms with Gasteiger partial charge in [-0.15, -0.1) is 0 Å². The van der Waals surface area contributed by atoms with Gasteiger partial charge in [-0.2, -0.15) is 0 Å². The average Bonchev–Trinajstić information content (AvgIpc) is 3.20. The summed E-state index contributed by atoms with van der Waals surface area (Å²) in [5.74, 6) is -0.667. The van der Waals surface area contributed by atoms with Crippen LogP contribution in [-0.2, 0) is 16.8 Å². The van der Waals surface area contributed by atoms with E-state index >= 15 is 0 Å². The molecule has 30 heavy (non-hydrogen) atoms. The molecule has 4 nitrogen and oxygen atoms in total. The van der Waals surface area contributed by atoms with E-state index in [-0.39, 0.29) is 17.2 Å². The quantitative estimate of drug-likeness (QED) is 0.641. The fourth-order valence-corrected chi connectivity index (χ4v) is 6.17. The molecular formula is C25H23FN2O2. The summed E-state index contributed by atoms with van der Waals surface area (Å²) >= 11 is 0. The summed E-state index contributed by atoms with van der Waals surface area (Å²) < 4.78 is 15.9. The van der Waals surface area contributed by atoms with Crippen molar-refractivity contribution in [1.82, 2.24) is 4.57 Å². The van der Waals surface area contributed by atoms with Crippen molar-refractivity contribution in [3.63, 3.8) is 0 Å². The smallest absolute Gasteiger partial charge is 0.309 e. The third-order valence-corrected chi connectivity index (χ3v) is 7.40. The lowest BCUT2D eigenvalue weighted by molar-refractivity contribution is -0.194. The first-order chi connectivity index (χ1) is 14.3. The molecule has 0 saturated heterocycles. The highest BCUT2D eigenvalue weighted by Crippen LogP contribution is 2.75. The molecule has 0 atom stereocenters. The van der Waals surface area contributed by atoms with Gasteiger partial charge < -0.3 is 9.67 Å². The Balaban J connectivity index is 1.65. The van der Waals surface area contributed by atoms with Crippen molar-refractivity contribution in [1.29, 1.82) is 0 Å². The van der Waals surface area contributed by atoms with Crippen LogP contribution in [-0.4, -0.2) is 21.9 Å². The molecule has 1 N–H and O–H groups in total. The van der Waals surface area contributed by atoms with Crippen molar-refractivity contribution in [3.05, 3.63) is 64.6 Å². The molecule has 2 heterocycles. The number of aliphatic carboxylic acids is 1. The van der Waals surface area contributed by atoms with Crippen LogP contribution in [0.2, 0.25) is 0 Å². The molecule has 3 fully saturated rings. The van der Waals surface area contributed by atoms with Crippen LogP contribution < -0.4 is 0 Å². The number of aliphatic imine (C=N–C) groups is 1. The molecule has 7 rings (SSSR count). The number of aromatic nitrogens is 1. The molecule has 0 amide bonds. The second-order valence-corrected chi connectivity index (χ2v) is 9.66. The Morgan fingerprint density at radius 1 is 1.17 bits per heavy atom. The van der Waals surface area contributed by atoms with Gasteiger partial charge in [0.2, 0.25) is 0 Å². The van der Waals surface area contributed by atoms with Gasteiger partial charge in [0, 0.05) is 28.4 Å². The lowest BCUT2D eigenvalue weighted by Gasteiger charge is -2.68. The number of rotatable bonds is 4. The Labute approximate surface area is 174 Å². The Bertz CT molecular complexity index is 1250. The summed E-state index contributed by atoms with van der Waals surface area (Å²) in [5, 5.41) is 10.9. The largest absolute Gasteiger partial charge is 0.481 e. The highest BCUT2D eigenvalue weighted by molar-refractivity contribution is 5.97. The second-order valence-electron chi connectivity index (χ2n) is 9.66. The van der Waals surface area contributed by atoms with Crippen LogP contribution in [0.3, 0.4) is 0 Å². The van der Waals surface area contributed by atoms with Gasteiger partial charge >= 0.3 is 5.97 Å². The molecule has 3 aromatic rings. The first-order valence-electron chi connectivity index (χ1n) is 10.5. The van der Waals surface area contributed by atoms with Gasteiger partial charge in [0.05, 0.1) is 17.5 Å². The molecule has 3 saturated carbocycles. The topological polar surface area (TPSA) is 54.6 Å². The highest BCUT2D eigenvalue weighted by Gasteiger charge is 2.73. The average molecular weight is 402 g/mol. The van der Waals surface area contributed by atoms with E-state index in [0.717, 1.165) is 16.8 Å². The predicted octanol–water partition coefficient (Wildman–Crippen LogP) is 5.33. The number of hydrogen-bond acceptors (Lipinski definition) is 2. The number of hydrogen-bond donors (Lipinski definition) is 1. The lowest BCUT2D eigenvalue weighted by atomic mass is 9.33. The van der Waals surface area contributed by atoms with Crippen molar-refractivity contribution < 1.29 is 14.3 Å². The van der Waals surface area contributed by atoms with E-state index < -0.39 is 11.4 Å². The number of fused-ring (bicyclic) bond motifs is 2. The number of halogens is 1. The van der Waals surface area contributed by atoms with Crippen LogP contribution in [0.5, 0.6) is 0 Å². The van der Waals surface area contributed by atoms with Crippen molar-refractivity contribution in [3.8, 4) is 5.69 Å². The molecule has 152 valence electrons. The summed E-state index contributed by atoms with van der Waals surface area (Å²) in [6.45, 7) is 5.06. The van der Waals surface area contributed by atoms with Gasteiger partial charge in [-0.25, -0.2) is 4.39 Å². The number of carboxylic acids is 1. The minimum atomic E-state index is -0.660. The molecule has 0 radical (unpaired) electrons. The standard InChI is InChI=1S/C25H23FN2O2/c1-14(2)22-21(24-11-25(12-24,13-24)23(29)30)19-7-15-9-27-10-16(15)8-20(19)28(22)18-5-3-17(26)4-6-18/h3-8,10,14H,9,11-13H2,1-2H3,(H,29,30). The van der Waals surface area contributed by atoms with Crippen molar-refractivity contribution in [2.75, 3.05) is 0 Å². The number of carbonyl (C=O) groups is 1. The maximum atomic E-state index is 13.7. The van der Waals surface area contributed by atoms with Crippen LogP contribution in [0.25, 0.3) is 16.6 Å². The molecule has 1 aliphatic heterocycles. The third kappa shape index (κ3) is 2.10. The number of benzene rings is 2. The van der Waals surface area contributed by atoms with Gasteiger partial charge in [0.25, 0.3) is 0 Å². The molecule has 0 unspecified atom stereocenters. The van der Waals surface area contributed by atoms with Gasteiger partial charge in [0.15, 0.2) is 0 Å². The summed E-state index contributed by atoms with van der Waals surface area (Å²) in [6, 6.07) is 11.1. The van der Waals surface area contributed by atoms with E-state index in [1.807, 2.05) is 18.3 Å². The monoisotopic (exact) mass is 402 g/mol. The molecule has 4 aliphatic rings. The summed E-state index contributed by atoms with van der Waals surface area (Å²) in [7, 11) is 0. The summed E-state index contributed by atoms with van der Waals surface area (Å²) in [4.78, 5) is 16.2. The molecule has 0 spiro atoms. The fraction of sp³-hybridized carbons (Fsp3) is 0.360. The minimum Gasteiger partial charge on any atom is -0.481 e. The molecule has 3 aliphatic carbocycles. The third-order valence-electron chi connectivity index (χ3n) is 7.40. The fourth-order valence-electron chi connectivity index (χ4n) is 6.17. The molecular weight excluding hydrogens is 379 g/mol. The van der Waals surface area contributed by atoms with E-state index in [2.05, 4.69) is 35.5 Å². The minimum absolute atomic E-state index is 0.0603. The SMILES string of the molecule is CC(C)c1c(C23CC(C(=O)O)(C2)C3)c2cc3c(cc2n1-c1ccc(F)cc1)C=NC3. The summed E-state index contributed by atoms with van der Waals surface area (Å²) in [5.41, 5.74) is 6.31. The van der Waals surface area contributed by atoms with E-state index in [0.29, 0.717) is 25.8 Å². The maximum absolute atomic E-state index is 13.7. The maximum Gasteiger partial charge on any atom is 0.309 e. The van der Waals surface area contributed by atoms with Crippen molar-refractivity contribution in [2.45, 2.75) is 51.0 Å². The van der Waals surface area contributed by atoms with Crippen LogP contribution in [0.15, 0.2) is 41.4 Å². The van der Waals surface area contributed by atoms with E-state index in [1.54, 1.807) is 0 Å². The zero-order chi connectivity index (χ0) is 20.8. The predicted molar refractivity (Wildman–Crippen MR) is 114 cm³/mol. The first-order valence-corrected chi connectivity index (χ1v) is 10.5. The zero-order valence-corrected chi connectivity index (χ0v) is 17.1. The summed E-state index contributed by atoms with van der Waals surface area (Å²) in [6.07, 6.45) is 4.06. The van der Waals surface area contributed by atoms with Crippen molar-refractivity contribution >= 4 is 23.1 Å². The lowest BCUT2D eigenvalue weighted by Crippen LogP contribution is -2.68. The normalized spacial score (nSPS) is 26.0. The van der Waals surface area contributed by atoms with Crippen LogP contribution in [0.4, 0.5) is 4.39 Å². The van der Waals surface area contributed by atoms with Crippen LogP contribution in [0.1, 0.15) is 61.4 Å². The van der Waals surface area contributed by atoms with Gasteiger partial charge in [-0.05, 0) is 78.3 Å². The molecule has 5 heteroatoms. The van der Waals surface area contributed by atoms with E-state index in [4.69, 9.17) is 0 Å². The van der Waals surface area contributed by atoms with Gasteiger partial charge in [-0.1, -0.05) is 13.8 Å². The Morgan fingerprint density at radius 3 is 2.50 bits per heavy atom. The number of carboxylic acid groups (broad SMARTS) is 1. The Kier molecular flexibility index (Phi) is 3.33. The number of nitrogens with zero attached hydrogens (tertiary/aromatic N) is 2. The molecule has 2 aromatic carbocycles. The Morgan fingerprint density at radius 2 is 1.87 bits per heavy atom. The second kappa shape index (κ2) is 5.60. The van der Waals surface area contributed by atoms with Crippen LogP contribution >= 0.6 is 0 Å². The molecule has 1 aromatic heterocycles. The van der Waals surface area contributed by atoms with Crippen LogP contribution in [0, 0.1) is 11.2 Å². The van der Waals surface area contributed by atoms with Gasteiger partial charge in [-0.3, -0.25) is 9.79 Å². The zero-order valence-electron chi connectivity index (χ0n) is 17.1. The van der Waals surface area contributed by atoms with E-state index in [1.165, 1.54) is 34.3 Å². The first kappa shape index (κ1) is 17.9. The molecule has 2 bridgehead atoms. The highest BCUT2D eigenvalue weighted by atomic mass is 19.1. The van der Waals surface area contributed by atoms with Crippen molar-refractivity contribution in [2.24, 2.45) is 10.4 Å². The van der Waals surface area contributed by atoms with E-state index in [9.17, 15) is 14.3 Å². The Hall–Kier alpha value is -2.95.